The minimum atomic E-state index is -0.446. The van der Waals surface area contributed by atoms with Crippen LogP contribution in [0.4, 0.5) is 0 Å². The predicted molar refractivity (Wildman–Crippen MR) is 120 cm³/mol. The molecule has 2 heteroatoms. The number of unbranched alkanes of at least 4 members (excludes halogenated alkanes) is 1. The van der Waals surface area contributed by atoms with Crippen molar-refractivity contribution in [2.45, 2.75) is 93.3 Å². The van der Waals surface area contributed by atoms with E-state index >= 15 is 0 Å². The molecule has 0 aromatic heterocycles. The zero-order chi connectivity index (χ0) is 21.4. The first kappa shape index (κ1) is 23.2. The number of rotatable bonds is 5. The van der Waals surface area contributed by atoms with E-state index in [4.69, 9.17) is 0 Å². The van der Waals surface area contributed by atoms with E-state index in [-0.39, 0.29) is 21.7 Å². The standard InChI is InChI=1S/C26H42O2/c1-19-11-13-21(27)25(17-19,23(3,4)5)15-9-10-16-26(24(6,7)8)18-20(2)12-14-22(26)28/h11-14,17-18,21-22,27-28H,9-10,15-16H2,1-8H3. The van der Waals surface area contributed by atoms with Crippen LogP contribution in [-0.2, 0) is 0 Å². The van der Waals surface area contributed by atoms with E-state index in [0.29, 0.717) is 0 Å². The van der Waals surface area contributed by atoms with Gasteiger partial charge >= 0.3 is 0 Å². The van der Waals surface area contributed by atoms with E-state index in [1.54, 1.807) is 0 Å². The van der Waals surface area contributed by atoms with Gasteiger partial charge in [-0.25, -0.2) is 0 Å². The summed E-state index contributed by atoms with van der Waals surface area (Å²) in [7, 11) is 0. The fraction of sp³-hybridized carbons (Fsp3) is 0.692. The molecule has 2 aliphatic carbocycles. The minimum absolute atomic E-state index is 0.0241. The van der Waals surface area contributed by atoms with Crippen LogP contribution < -0.4 is 0 Å². The summed E-state index contributed by atoms with van der Waals surface area (Å²) in [5.74, 6) is 0. The Morgan fingerprint density at radius 1 is 0.714 bits per heavy atom. The molecule has 0 saturated carbocycles. The van der Waals surface area contributed by atoms with Gasteiger partial charge in [-0.05, 0) is 37.5 Å². The number of hydrogen-bond acceptors (Lipinski definition) is 2. The van der Waals surface area contributed by atoms with Crippen LogP contribution in [0.1, 0.15) is 81.1 Å². The van der Waals surface area contributed by atoms with Crippen LogP contribution in [-0.4, -0.2) is 22.4 Å². The minimum Gasteiger partial charge on any atom is -0.388 e. The second-order valence-corrected chi connectivity index (χ2v) is 11.2. The van der Waals surface area contributed by atoms with Crippen LogP contribution in [0.3, 0.4) is 0 Å². The van der Waals surface area contributed by atoms with E-state index in [9.17, 15) is 10.2 Å². The Labute approximate surface area is 173 Å². The van der Waals surface area contributed by atoms with Gasteiger partial charge < -0.3 is 10.2 Å². The van der Waals surface area contributed by atoms with Crippen LogP contribution in [0.15, 0.2) is 47.6 Å². The van der Waals surface area contributed by atoms with Crippen molar-refractivity contribution in [3.63, 3.8) is 0 Å². The molecule has 4 atom stereocenters. The molecule has 0 amide bonds. The number of allylic oxidation sites excluding steroid dienone is 4. The maximum absolute atomic E-state index is 10.9. The van der Waals surface area contributed by atoms with E-state index in [0.717, 1.165) is 25.7 Å². The van der Waals surface area contributed by atoms with Crippen LogP contribution in [0.5, 0.6) is 0 Å². The van der Waals surface area contributed by atoms with Gasteiger partial charge in [-0.15, -0.1) is 0 Å². The molecule has 0 heterocycles. The SMILES string of the molecule is CC1=CC(CCCCC2(C(C)(C)C)C=C(C)C=CC2O)(C(C)(C)C)C(O)C=C1. The van der Waals surface area contributed by atoms with Gasteiger partial charge in [-0.1, -0.05) is 102 Å². The van der Waals surface area contributed by atoms with Crippen LogP contribution in [0, 0.1) is 21.7 Å². The van der Waals surface area contributed by atoms with Crippen molar-refractivity contribution >= 4 is 0 Å². The fourth-order valence-corrected chi connectivity index (χ4v) is 5.25. The van der Waals surface area contributed by atoms with E-state index in [1.807, 2.05) is 24.3 Å². The third kappa shape index (κ3) is 4.24. The van der Waals surface area contributed by atoms with Crippen molar-refractivity contribution in [3.8, 4) is 0 Å². The van der Waals surface area contributed by atoms with E-state index < -0.39 is 12.2 Å². The van der Waals surface area contributed by atoms with Gasteiger partial charge in [0, 0.05) is 10.8 Å². The quantitative estimate of drug-likeness (QED) is 0.539. The van der Waals surface area contributed by atoms with Crippen molar-refractivity contribution in [1.82, 2.24) is 0 Å². The van der Waals surface area contributed by atoms with Gasteiger partial charge in [0.05, 0.1) is 12.2 Å². The van der Waals surface area contributed by atoms with Crippen molar-refractivity contribution in [2.75, 3.05) is 0 Å². The zero-order valence-electron chi connectivity index (χ0n) is 19.3. The Hall–Kier alpha value is -1.12. The molecular formula is C26H42O2. The predicted octanol–water partition coefficient (Wildman–Crippen LogP) is 6.37. The van der Waals surface area contributed by atoms with Crippen molar-refractivity contribution in [2.24, 2.45) is 21.7 Å². The molecule has 2 aliphatic rings. The molecule has 0 aliphatic heterocycles. The smallest absolute Gasteiger partial charge is 0.0819 e. The topological polar surface area (TPSA) is 40.5 Å². The molecule has 2 rings (SSSR count). The highest BCUT2D eigenvalue weighted by Gasteiger charge is 2.47. The highest BCUT2D eigenvalue weighted by molar-refractivity contribution is 5.31. The number of aliphatic hydroxyl groups excluding tert-OH is 2. The lowest BCUT2D eigenvalue weighted by Gasteiger charge is -2.49. The van der Waals surface area contributed by atoms with Gasteiger partial charge in [-0.2, -0.15) is 0 Å². The molecule has 2 nitrogen and oxygen atoms in total. The summed E-state index contributed by atoms with van der Waals surface area (Å²) >= 11 is 0. The first-order chi connectivity index (χ1) is 12.8. The van der Waals surface area contributed by atoms with E-state index in [2.05, 4.69) is 67.5 Å². The maximum Gasteiger partial charge on any atom is 0.0819 e. The molecular weight excluding hydrogens is 344 g/mol. The summed E-state index contributed by atoms with van der Waals surface area (Å²) in [6.45, 7) is 17.6. The summed E-state index contributed by atoms with van der Waals surface area (Å²) in [6.07, 6.45) is 15.6. The molecule has 0 aromatic rings. The fourth-order valence-electron chi connectivity index (χ4n) is 5.25. The first-order valence-electron chi connectivity index (χ1n) is 10.9. The molecule has 0 bridgehead atoms. The summed E-state index contributed by atoms with van der Waals surface area (Å²) in [5.41, 5.74) is 1.94. The van der Waals surface area contributed by atoms with E-state index in [1.165, 1.54) is 11.1 Å². The van der Waals surface area contributed by atoms with Crippen LogP contribution >= 0.6 is 0 Å². The molecule has 0 fully saturated rings. The lowest BCUT2D eigenvalue weighted by atomic mass is 9.57. The molecule has 0 aromatic carbocycles. The zero-order valence-corrected chi connectivity index (χ0v) is 19.3. The van der Waals surface area contributed by atoms with Crippen LogP contribution in [0.25, 0.3) is 0 Å². The Morgan fingerprint density at radius 2 is 1.04 bits per heavy atom. The second-order valence-electron chi connectivity index (χ2n) is 11.2. The molecule has 0 radical (unpaired) electrons. The number of aliphatic hydroxyl groups is 2. The van der Waals surface area contributed by atoms with Gasteiger partial charge in [0.25, 0.3) is 0 Å². The maximum atomic E-state index is 10.9. The monoisotopic (exact) mass is 386 g/mol. The second kappa shape index (κ2) is 7.95. The molecule has 2 N–H and O–H groups in total. The third-order valence-electron chi connectivity index (χ3n) is 7.33. The van der Waals surface area contributed by atoms with Gasteiger partial charge in [0.15, 0.2) is 0 Å². The Bertz CT molecular complexity index is 620. The highest BCUT2D eigenvalue weighted by atomic mass is 16.3. The molecule has 4 unspecified atom stereocenters. The van der Waals surface area contributed by atoms with Gasteiger partial charge in [0.2, 0.25) is 0 Å². The third-order valence-corrected chi connectivity index (χ3v) is 7.33. The van der Waals surface area contributed by atoms with Crippen molar-refractivity contribution in [1.29, 1.82) is 0 Å². The Morgan fingerprint density at radius 3 is 1.32 bits per heavy atom. The van der Waals surface area contributed by atoms with Crippen LogP contribution in [0.2, 0.25) is 0 Å². The molecule has 28 heavy (non-hydrogen) atoms. The van der Waals surface area contributed by atoms with Gasteiger partial charge in [0.1, 0.15) is 0 Å². The molecule has 0 spiro atoms. The largest absolute Gasteiger partial charge is 0.388 e. The van der Waals surface area contributed by atoms with Crippen molar-refractivity contribution < 1.29 is 10.2 Å². The normalized spacial score (nSPS) is 33.6. The van der Waals surface area contributed by atoms with Gasteiger partial charge in [-0.3, -0.25) is 0 Å². The summed E-state index contributed by atoms with van der Waals surface area (Å²) < 4.78 is 0. The summed E-state index contributed by atoms with van der Waals surface area (Å²) in [6, 6.07) is 0. The summed E-state index contributed by atoms with van der Waals surface area (Å²) in [5, 5.41) is 21.8. The Kier molecular flexibility index (Phi) is 6.58. The number of hydrogen-bond donors (Lipinski definition) is 2. The molecule has 0 saturated heterocycles. The Balaban J connectivity index is 2.17. The molecule has 158 valence electrons. The lowest BCUT2D eigenvalue weighted by molar-refractivity contribution is -0.0105. The first-order valence-corrected chi connectivity index (χ1v) is 10.9. The summed E-state index contributed by atoms with van der Waals surface area (Å²) in [4.78, 5) is 0. The van der Waals surface area contributed by atoms with Crippen molar-refractivity contribution in [3.05, 3.63) is 47.6 Å². The lowest BCUT2D eigenvalue weighted by Crippen LogP contribution is -2.46. The average molecular weight is 387 g/mol. The highest BCUT2D eigenvalue weighted by Crippen LogP contribution is 2.52. The average Bonchev–Trinajstić information content (AvgIpc) is 2.55.